The number of hydrogen-bond donors (Lipinski definition) is 1. The van der Waals surface area contributed by atoms with Gasteiger partial charge in [-0.15, -0.1) is 0 Å². The summed E-state index contributed by atoms with van der Waals surface area (Å²) in [7, 11) is 0. The van der Waals surface area contributed by atoms with Gasteiger partial charge in [0.15, 0.2) is 0 Å². The highest BCUT2D eigenvalue weighted by atomic mass is 127. The van der Waals surface area contributed by atoms with Gasteiger partial charge in [0.2, 0.25) is 0 Å². The van der Waals surface area contributed by atoms with E-state index in [0.717, 1.165) is 32.0 Å². The second-order valence-corrected chi connectivity index (χ2v) is 6.66. The fourth-order valence-electron chi connectivity index (χ4n) is 2.06. The largest absolute Gasteiger partial charge is 0.384 e. The standard InChI is InChI=1S/C16H16BrIO/c1-2-3-11-4-6-12(7-5-11)16(19)14-10-13(18)8-9-15(14)17/h4-10,16,19H,2-3H2,1H3. The quantitative estimate of drug-likeness (QED) is 0.670. The highest BCUT2D eigenvalue weighted by Crippen LogP contribution is 2.30. The van der Waals surface area contributed by atoms with Gasteiger partial charge >= 0.3 is 0 Å². The molecule has 0 amide bonds. The molecule has 0 heterocycles. The summed E-state index contributed by atoms with van der Waals surface area (Å²) in [6, 6.07) is 14.2. The molecular weight excluding hydrogens is 415 g/mol. The molecule has 0 radical (unpaired) electrons. The van der Waals surface area contributed by atoms with Gasteiger partial charge in [-0.25, -0.2) is 0 Å². The van der Waals surface area contributed by atoms with Crippen LogP contribution in [0, 0.1) is 3.57 Å². The molecule has 1 atom stereocenters. The van der Waals surface area contributed by atoms with Crippen molar-refractivity contribution in [3.63, 3.8) is 0 Å². The monoisotopic (exact) mass is 430 g/mol. The summed E-state index contributed by atoms with van der Waals surface area (Å²) in [6.07, 6.45) is 1.65. The molecule has 0 aliphatic heterocycles. The van der Waals surface area contributed by atoms with Crippen molar-refractivity contribution in [2.24, 2.45) is 0 Å². The molecule has 0 fully saturated rings. The lowest BCUT2D eigenvalue weighted by molar-refractivity contribution is 0.219. The first kappa shape index (κ1) is 15.0. The van der Waals surface area contributed by atoms with E-state index in [4.69, 9.17) is 0 Å². The van der Waals surface area contributed by atoms with Crippen molar-refractivity contribution in [2.45, 2.75) is 25.9 Å². The Morgan fingerprint density at radius 2 is 1.84 bits per heavy atom. The van der Waals surface area contributed by atoms with Gasteiger partial charge in [-0.1, -0.05) is 53.5 Å². The van der Waals surface area contributed by atoms with E-state index in [1.165, 1.54) is 5.56 Å². The Balaban J connectivity index is 2.27. The van der Waals surface area contributed by atoms with Crippen molar-refractivity contribution in [3.05, 3.63) is 67.2 Å². The number of aliphatic hydroxyl groups is 1. The van der Waals surface area contributed by atoms with Crippen LogP contribution in [0.25, 0.3) is 0 Å². The van der Waals surface area contributed by atoms with Gasteiger partial charge in [0, 0.05) is 13.6 Å². The number of halogens is 2. The van der Waals surface area contributed by atoms with Crippen molar-refractivity contribution in [3.8, 4) is 0 Å². The number of hydrogen-bond acceptors (Lipinski definition) is 1. The van der Waals surface area contributed by atoms with E-state index in [-0.39, 0.29) is 0 Å². The predicted octanol–water partition coefficient (Wildman–Crippen LogP) is 5.09. The van der Waals surface area contributed by atoms with E-state index in [1.54, 1.807) is 0 Å². The van der Waals surface area contributed by atoms with Gasteiger partial charge in [0.25, 0.3) is 0 Å². The molecule has 0 saturated carbocycles. The van der Waals surface area contributed by atoms with Crippen LogP contribution in [-0.4, -0.2) is 5.11 Å². The highest BCUT2D eigenvalue weighted by Gasteiger charge is 2.14. The molecule has 2 rings (SSSR count). The van der Waals surface area contributed by atoms with Crippen LogP contribution in [0.3, 0.4) is 0 Å². The summed E-state index contributed by atoms with van der Waals surface area (Å²) >= 11 is 5.76. The number of aryl methyl sites for hydroxylation is 1. The smallest absolute Gasteiger partial charge is 0.105 e. The molecule has 1 nitrogen and oxygen atoms in total. The molecule has 1 unspecified atom stereocenters. The molecular formula is C16H16BrIO. The lowest BCUT2D eigenvalue weighted by atomic mass is 9.99. The van der Waals surface area contributed by atoms with Gasteiger partial charge in [-0.05, 0) is 58.3 Å². The maximum Gasteiger partial charge on any atom is 0.105 e. The zero-order valence-corrected chi connectivity index (χ0v) is 14.5. The van der Waals surface area contributed by atoms with Crippen LogP contribution in [0.1, 0.15) is 36.1 Å². The van der Waals surface area contributed by atoms with Gasteiger partial charge in [0.05, 0.1) is 0 Å². The van der Waals surface area contributed by atoms with Gasteiger partial charge in [-0.2, -0.15) is 0 Å². The van der Waals surface area contributed by atoms with Gasteiger partial charge in [0.1, 0.15) is 6.10 Å². The third-order valence-corrected chi connectivity index (χ3v) is 4.48. The number of rotatable bonds is 4. The maximum atomic E-state index is 10.5. The Morgan fingerprint density at radius 1 is 1.16 bits per heavy atom. The Kier molecular flexibility index (Phi) is 5.42. The molecule has 100 valence electrons. The Morgan fingerprint density at radius 3 is 2.47 bits per heavy atom. The molecule has 1 N–H and O–H groups in total. The van der Waals surface area contributed by atoms with Gasteiger partial charge < -0.3 is 5.11 Å². The van der Waals surface area contributed by atoms with Crippen LogP contribution >= 0.6 is 38.5 Å². The van der Waals surface area contributed by atoms with E-state index in [0.29, 0.717) is 0 Å². The molecule has 0 bridgehead atoms. The first-order chi connectivity index (χ1) is 9.11. The van der Waals surface area contributed by atoms with Crippen LogP contribution in [0.2, 0.25) is 0 Å². The lowest BCUT2D eigenvalue weighted by Crippen LogP contribution is -2.01. The molecule has 0 aromatic heterocycles. The maximum absolute atomic E-state index is 10.5. The highest BCUT2D eigenvalue weighted by molar-refractivity contribution is 14.1. The van der Waals surface area contributed by atoms with Crippen LogP contribution in [0.5, 0.6) is 0 Å². The van der Waals surface area contributed by atoms with E-state index in [2.05, 4.69) is 57.6 Å². The molecule has 2 aromatic carbocycles. The van der Waals surface area contributed by atoms with Crippen molar-refractivity contribution in [1.29, 1.82) is 0 Å². The van der Waals surface area contributed by atoms with E-state index in [1.807, 2.05) is 30.3 Å². The fraction of sp³-hybridized carbons (Fsp3) is 0.250. The van der Waals surface area contributed by atoms with Crippen LogP contribution < -0.4 is 0 Å². The molecule has 3 heteroatoms. The average molecular weight is 431 g/mol. The first-order valence-electron chi connectivity index (χ1n) is 6.33. The zero-order valence-electron chi connectivity index (χ0n) is 10.7. The topological polar surface area (TPSA) is 20.2 Å². The summed E-state index contributed by atoms with van der Waals surface area (Å²) < 4.78 is 2.07. The molecule has 0 aliphatic carbocycles. The van der Waals surface area contributed by atoms with Crippen molar-refractivity contribution in [1.82, 2.24) is 0 Å². The first-order valence-corrected chi connectivity index (χ1v) is 8.21. The molecule has 0 aliphatic rings. The summed E-state index contributed by atoms with van der Waals surface area (Å²) in [6.45, 7) is 2.17. The fourth-order valence-corrected chi connectivity index (χ4v) is 3.04. The van der Waals surface area contributed by atoms with Crippen LogP contribution in [0.4, 0.5) is 0 Å². The third-order valence-electron chi connectivity index (χ3n) is 3.09. The number of aliphatic hydroxyl groups excluding tert-OH is 1. The van der Waals surface area contributed by atoms with Crippen LogP contribution in [-0.2, 0) is 6.42 Å². The number of benzene rings is 2. The van der Waals surface area contributed by atoms with Crippen LogP contribution in [0.15, 0.2) is 46.9 Å². The van der Waals surface area contributed by atoms with E-state index >= 15 is 0 Å². The third kappa shape index (κ3) is 3.80. The summed E-state index contributed by atoms with van der Waals surface area (Å²) in [4.78, 5) is 0. The Hall–Kier alpha value is -0.390. The minimum absolute atomic E-state index is 0.584. The minimum Gasteiger partial charge on any atom is -0.384 e. The van der Waals surface area contributed by atoms with Gasteiger partial charge in [-0.3, -0.25) is 0 Å². The van der Waals surface area contributed by atoms with Crippen molar-refractivity contribution >= 4 is 38.5 Å². The second kappa shape index (κ2) is 6.86. The molecule has 0 spiro atoms. The molecule has 0 saturated heterocycles. The lowest BCUT2D eigenvalue weighted by Gasteiger charge is -2.14. The zero-order chi connectivity index (χ0) is 13.8. The van der Waals surface area contributed by atoms with E-state index < -0.39 is 6.10 Å². The Labute approximate surface area is 136 Å². The van der Waals surface area contributed by atoms with E-state index in [9.17, 15) is 5.11 Å². The summed E-state index contributed by atoms with van der Waals surface area (Å²) in [5.74, 6) is 0. The molecule has 2 aromatic rings. The predicted molar refractivity (Wildman–Crippen MR) is 91.4 cm³/mol. The second-order valence-electron chi connectivity index (χ2n) is 4.56. The summed E-state index contributed by atoms with van der Waals surface area (Å²) in [5, 5.41) is 10.5. The van der Waals surface area contributed by atoms with Crippen molar-refractivity contribution < 1.29 is 5.11 Å². The Bertz CT molecular complexity index is 551. The normalized spacial score (nSPS) is 12.4. The summed E-state index contributed by atoms with van der Waals surface area (Å²) in [5.41, 5.74) is 3.16. The van der Waals surface area contributed by atoms with Crippen molar-refractivity contribution in [2.75, 3.05) is 0 Å². The SMILES string of the molecule is CCCc1ccc(C(O)c2cc(I)ccc2Br)cc1. The molecule has 19 heavy (non-hydrogen) atoms. The minimum atomic E-state index is -0.584. The average Bonchev–Trinajstić information content (AvgIpc) is 2.42.